The summed E-state index contributed by atoms with van der Waals surface area (Å²) < 4.78 is 12.8. The minimum atomic E-state index is 0.225. The first-order valence-electron chi connectivity index (χ1n) is 7.73. The Morgan fingerprint density at radius 2 is 2.18 bits per heavy atom. The molecule has 2 aromatic heterocycles. The van der Waals surface area contributed by atoms with Crippen molar-refractivity contribution in [2.24, 2.45) is 0 Å². The Kier molecular flexibility index (Phi) is 4.30. The minimum absolute atomic E-state index is 0.225. The molecule has 0 spiro atoms. The fourth-order valence-electron chi connectivity index (χ4n) is 2.69. The van der Waals surface area contributed by atoms with Gasteiger partial charge in [0, 0.05) is 31.3 Å². The van der Waals surface area contributed by atoms with E-state index >= 15 is 0 Å². The normalized spacial score (nSPS) is 16.1. The van der Waals surface area contributed by atoms with Gasteiger partial charge in [-0.25, -0.2) is 4.98 Å². The first kappa shape index (κ1) is 14.9. The van der Waals surface area contributed by atoms with Crippen LogP contribution in [0.15, 0.2) is 12.1 Å². The number of terminal acetylenes is 1. The van der Waals surface area contributed by atoms with Crippen LogP contribution in [0.1, 0.15) is 49.9 Å². The van der Waals surface area contributed by atoms with Gasteiger partial charge in [-0.2, -0.15) is 9.61 Å². The fourth-order valence-corrected chi connectivity index (χ4v) is 2.69. The van der Waals surface area contributed by atoms with Gasteiger partial charge in [-0.3, -0.25) is 0 Å². The first-order chi connectivity index (χ1) is 10.7. The molecule has 1 saturated heterocycles. The maximum atomic E-state index is 5.66. The van der Waals surface area contributed by atoms with Crippen molar-refractivity contribution in [2.45, 2.75) is 38.5 Å². The van der Waals surface area contributed by atoms with E-state index < -0.39 is 0 Å². The van der Waals surface area contributed by atoms with Gasteiger partial charge in [0.25, 0.3) is 0 Å². The van der Waals surface area contributed by atoms with Crippen molar-refractivity contribution in [1.82, 2.24) is 14.6 Å². The predicted molar refractivity (Wildman–Crippen MR) is 84.2 cm³/mol. The Labute approximate surface area is 130 Å². The Morgan fingerprint density at radius 3 is 2.86 bits per heavy atom. The Balaban J connectivity index is 2.02. The number of nitrogens with zero attached hydrogens (tertiary/aromatic N) is 3. The van der Waals surface area contributed by atoms with Crippen molar-refractivity contribution in [3.05, 3.63) is 23.5 Å². The van der Waals surface area contributed by atoms with Crippen molar-refractivity contribution in [3.8, 4) is 18.2 Å². The van der Waals surface area contributed by atoms with E-state index in [1.54, 1.807) is 4.52 Å². The average molecular weight is 299 g/mol. The smallest absolute Gasteiger partial charge is 0.219 e. The summed E-state index contributed by atoms with van der Waals surface area (Å²) in [5.41, 5.74) is 2.86. The summed E-state index contributed by atoms with van der Waals surface area (Å²) in [6, 6.07) is 3.99. The summed E-state index contributed by atoms with van der Waals surface area (Å²) in [4.78, 5) is 4.70. The van der Waals surface area contributed by atoms with Gasteiger partial charge < -0.3 is 9.47 Å². The third-order valence-electron chi connectivity index (χ3n) is 3.97. The lowest BCUT2D eigenvalue weighted by Crippen LogP contribution is -2.14. The lowest BCUT2D eigenvalue weighted by Gasteiger charge is -2.19. The van der Waals surface area contributed by atoms with Gasteiger partial charge in [0.15, 0.2) is 12.3 Å². The fraction of sp³-hybridized carbons (Fsp3) is 0.529. The van der Waals surface area contributed by atoms with Gasteiger partial charge in [0.05, 0.1) is 11.4 Å². The van der Waals surface area contributed by atoms with E-state index in [4.69, 9.17) is 26.0 Å². The van der Waals surface area contributed by atoms with E-state index in [9.17, 15) is 0 Å². The number of rotatable bonds is 4. The molecule has 0 aromatic carbocycles. The van der Waals surface area contributed by atoms with E-state index in [1.807, 2.05) is 6.07 Å². The van der Waals surface area contributed by atoms with Crippen LogP contribution in [0.25, 0.3) is 5.65 Å². The molecular weight excluding hydrogens is 278 g/mol. The largest absolute Gasteiger partial charge is 0.464 e. The number of ether oxygens (including phenoxy) is 2. The van der Waals surface area contributed by atoms with Gasteiger partial charge in [-0.15, -0.1) is 6.42 Å². The van der Waals surface area contributed by atoms with E-state index in [-0.39, 0.29) is 6.61 Å². The summed E-state index contributed by atoms with van der Waals surface area (Å²) >= 11 is 0. The van der Waals surface area contributed by atoms with E-state index in [0.29, 0.717) is 17.7 Å². The molecule has 0 N–H and O–H groups in total. The van der Waals surface area contributed by atoms with Crippen LogP contribution >= 0.6 is 0 Å². The molecule has 0 saturated carbocycles. The maximum Gasteiger partial charge on any atom is 0.219 e. The molecule has 0 aliphatic carbocycles. The summed E-state index contributed by atoms with van der Waals surface area (Å²) in [6.45, 7) is 6.04. The molecule has 0 radical (unpaired) electrons. The minimum Gasteiger partial charge on any atom is -0.464 e. The zero-order valence-electron chi connectivity index (χ0n) is 13.1. The second-order valence-electron chi connectivity index (χ2n) is 5.89. The highest BCUT2D eigenvalue weighted by Crippen LogP contribution is 2.28. The Bertz CT molecular complexity index is 694. The van der Waals surface area contributed by atoms with Crippen molar-refractivity contribution < 1.29 is 9.47 Å². The van der Waals surface area contributed by atoms with Crippen LogP contribution in [0.2, 0.25) is 0 Å². The molecule has 0 amide bonds. The van der Waals surface area contributed by atoms with Crippen LogP contribution in [-0.2, 0) is 4.74 Å². The monoisotopic (exact) mass is 299 g/mol. The van der Waals surface area contributed by atoms with Crippen LogP contribution in [0.5, 0.6) is 5.88 Å². The maximum absolute atomic E-state index is 5.66. The third-order valence-corrected chi connectivity index (χ3v) is 3.97. The molecule has 3 rings (SSSR count). The SMILES string of the molecule is C#CCOc1cc(C(C)C)nc2cc(C3CCOCC3)nn12. The molecule has 0 unspecified atom stereocenters. The number of hydrogen-bond acceptors (Lipinski definition) is 4. The standard InChI is InChI=1S/C17H21N3O2/c1-4-7-22-17-11-14(12(2)3)18-16-10-15(19-20(16)17)13-5-8-21-9-6-13/h1,10-13H,5-9H2,2-3H3. The molecule has 5 nitrogen and oxygen atoms in total. The molecular formula is C17H21N3O2. The van der Waals surface area contributed by atoms with Crippen molar-refractivity contribution in [3.63, 3.8) is 0 Å². The Morgan fingerprint density at radius 1 is 1.41 bits per heavy atom. The second-order valence-corrected chi connectivity index (χ2v) is 5.89. The number of fused-ring (bicyclic) bond motifs is 1. The lowest BCUT2D eigenvalue weighted by molar-refractivity contribution is 0.0844. The average Bonchev–Trinajstić information content (AvgIpc) is 2.97. The van der Waals surface area contributed by atoms with E-state index in [0.717, 1.165) is 43.1 Å². The zero-order valence-corrected chi connectivity index (χ0v) is 13.1. The highest BCUT2D eigenvalue weighted by Gasteiger charge is 2.21. The Hall–Kier alpha value is -2.06. The van der Waals surface area contributed by atoms with Gasteiger partial charge in [0.1, 0.15) is 0 Å². The summed E-state index contributed by atoms with van der Waals surface area (Å²) in [5, 5.41) is 4.69. The molecule has 22 heavy (non-hydrogen) atoms. The van der Waals surface area contributed by atoms with Crippen LogP contribution in [0.3, 0.4) is 0 Å². The van der Waals surface area contributed by atoms with Gasteiger partial charge in [-0.1, -0.05) is 19.8 Å². The van der Waals surface area contributed by atoms with E-state index in [1.165, 1.54) is 0 Å². The van der Waals surface area contributed by atoms with Crippen LogP contribution in [0, 0.1) is 12.3 Å². The second kappa shape index (κ2) is 6.37. The van der Waals surface area contributed by atoms with Crippen LogP contribution in [-0.4, -0.2) is 34.4 Å². The molecule has 3 heterocycles. The lowest BCUT2D eigenvalue weighted by atomic mass is 9.97. The van der Waals surface area contributed by atoms with Gasteiger partial charge in [0.2, 0.25) is 5.88 Å². The molecule has 0 atom stereocenters. The number of aromatic nitrogens is 3. The summed E-state index contributed by atoms with van der Waals surface area (Å²) in [6.07, 6.45) is 7.31. The van der Waals surface area contributed by atoms with Crippen molar-refractivity contribution in [1.29, 1.82) is 0 Å². The molecule has 5 heteroatoms. The first-order valence-corrected chi connectivity index (χ1v) is 7.73. The molecule has 1 fully saturated rings. The summed E-state index contributed by atoms with van der Waals surface area (Å²) in [7, 11) is 0. The van der Waals surface area contributed by atoms with E-state index in [2.05, 4.69) is 25.8 Å². The predicted octanol–water partition coefficient (Wildman–Crippen LogP) is 2.76. The topological polar surface area (TPSA) is 48.7 Å². The highest BCUT2D eigenvalue weighted by atomic mass is 16.5. The van der Waals surface area contributed by atoms with Gasteiger partial charge >= 0.3 is 0 Å². The molecule has 2 aromatic rings. The zero-order chi connectivity index (χ0) is 15.5. The third kappa shape index (κ3) is 2.93. The quantitative estimate of drug-likeness (QED) is 0.815. The van der Waals surface area contributed by atoms with Crippen molar-refractivity contribution in [2.75, 3.05) is 19.8 Å². The molecule has 116 valence electrons. The number of hydrogen-bond donors (Lipinski definition) is 0. The van der Waals surface area contributed by atoms with Crippen molar-refractivity contribution >= 4 is 5.65 Å². The van der Waals surface area contributed by atoms with Crippen LogP contribution in [0.4, 0.5) is 0 Å². The molecule has 1 aliphatic rings. The van der Waals surface area contributed by atoms with Gasteiger partial charge in [-0.05, 0) is 18.8 Å². The highest BCUT2D eigenvalue weighted by molar-refractivity contribution is 5.45. The molecule has 0 bridgehead atoms. The summed E-state index contributed by atoms with van der Waals surface area (Å²) in [5.74, 6) is 3.91. The molecule has 1 aliphatic heterocycles. The van der Waals surface area contributed by atoms with Crippen LogP contribution < -0.4 is 4.74 Å².